The molecular weight excluding hydrogens is 268 g/mol. The van der Waals surface area contributed by atoms with E-state index in [0.717, 1.165) is 25.6 Å². The average Bonchev–Trinajstić information content (AvgIpc) is 3.20. The van der Waals surface area contributed by atoms with Crippen molar-refractivity contribution >= 4 is 11.9 Å². The Balaban J connectivity index is 1.61. The standard InChI is InChI=1S/C15H22N4O2/c1-3-21-14(20)13-8-16-15(17-10(13)2)18-11-6-7-19(9-11)12-4-5-12/h8,11-12H,3-7,9H2,1-2H3,(H,16,17,18). The van der Waals surface area contributed by atoms with E-state index in [1.807, 2.05) is 6.92 Å². The van der Waals surface area contributed by atoms with Crippen LogP contribution in [-0.4, -0.2) is 52.6 Å². The molecule has 2 fully saturated rings. The summed E-state index contributed by atoms with van der Waals surface area (Å²) in [6.45, 7) is 6.17. The minimum atomic E-state index is -0.359. The van der Waals surface area contributed by atoms with Crippen molar-refractivity contribution in [3.05, 3.63) is 17.5 Å². The zero-order chi connectivity index (χ0) is 14.8. The maximum atomic E-state index is 11.7. The molecule has 2 aliphatic rings. The van der Waals surface area contributed by atoms with Gasteiger partial charge in [0.1, 0.15) is 0 Å². The molecule has 1 N–H and O–H groups in total. The van der Waals surface area contributed by atoms with Crippen LogP contribution in [0.1, 0.15) is 42.2 Å². The first kappa shape index (κ1) is 14.3. The Bertz CT molecular complexity index is 530. The Hall–Kier alpha value is -1.69. The second kappa shape index (κ2) is 5.97. The molecule has 1 aliphatic carbocycles. The molecule has 114 valence electrons. The van der Waals surface area contributed by atoms with Crippen LogP contribution in [0.5, 0.6) is 0 Å². The number of ether oxygens (including phenoxy) is 1. The molecule has 0 spiro atoms. The van der Waals surface area contributed by atoms with Crippen molar-refractivity contribution in [2.45, 2.75) is 45.2 Å². The predicted molar refractivity (Wildman–Crippen MR) is 79.3 cm³/mol. The van der Waals surface area contributed by atoms with Crippen molar-refractivity contribution in [3.8, 4) is 0 Å². The predicted octanol–water partition coefficient (Wildman–Crippen LogP) is 1.61. The lowest BCUT2D eigenvalue weighted by Gasteiger charge is -2.16. The quantitative estimate of drug-likeness (QED) is 0.831. The van der Waals surface area contributed by atoms with Crippen LogP contribution in [0.25, 0.3) is 0 Å². The Kier molecular flexibility index (Phi) is 4.05. The van der Waals surface area contributed by atoms with Crippen LogP contribution in [0.3, 0.4) is 0 Å². The van der Waals surface area contributed by atoms with Gasteiger partial charge >= 0.3 is 5.97 Å². The molecule has 1 aromatic heterocycles. The molecule has 1 unspecified atom stereocenters. The zero-order valence-corrected chi connectivity index (χ0v) is 12.6. The Morgan fingerprint density at radius 2 is 2.29 bits per heavy atom. The molecule has 1 aliphatic heterocycles. The first-order valence-corrected chi connectivity index (χ1v) is 7.68. The Labute approximate surface area is 124 Å². The van der Waals surface area contributed by atoms with Gasteiger partial charge in [-0.3, -0.25) is 4.90 Å². The van der Waals surface area contributed by atoms with Gasteiger partial charge in [0.15, 0.2) is 0 Å². The van der Waals surface area contributed by atoms with Gasteiger partial charge in [-0.05, 0) is 33.1 Å². The average molecular weight is 290 g/mol. The highest BCUT2D eigenvalue weighted by molar-refractivity contribution is 5.90. The molecule has 0 bridgehead atoms. The van der Waals surface area contributed by atoms with Crippen LogP contribution >= 0.6 is 0 Å². The van der Waals surface area contributed by atoms with Gasteiger partial charge in [0.25, 0.3) is 0 Å². The summed E-state index contributed by atoms with van der Waals surface area (Å²) in [5.74, 6) is 0.241. The fourth-order valence-electron chi connectivity index (χ4n) is 2.80. The van der Waals surface area contributed by atoms with Crippen LogP contribution in [0.2, 0.25) is 0 Å². The summed E-state index contributed by atoms with van der Waals surface area (Å²) in [6, 6.07) is 1.21. The van der Waals surface area contributed by atoms with Crippen LogP contribution in [0, 0.1) is 6.92 Å². The maximum absolute atomic E-state index is 11.7. The number of anilines is 1. The largest absolute Gasteiger partial charge is 0.462 e. The summed E-state index contributed by atoms with van der Waals surface area (Å²) >= 11 is 0. The molecule has 3 rings (SSSR count). The summed E-state index contributed by atoms with van der Waals surface area (Å²) in [7, 11) is 0. The van der Waals surface area contributed by atoms with Crippen molar-refractivity contribution in [1.82, 2.24) is 14.9 Å². The smallest absolute Gasteiger partial charge is 0.341 e. The number of nitrogens with one attached hydrogen (secondary N) is 1. The maximum Gasteiger partial charge on any atom is 0.341 e. The summed E-state index contributed by atoms with van der Waals surface area (Å²) in [5.41, 5.74) is 1.09. The number of carbonyl (C=O) groups excluding carboxylic acids is 1. The highest BCUT2D eigenvalue weighted by atomic mass is 16.5. The molecule has 0 amide bonds. The third-order valence-corrected chi connectivity index (χ3v) is 4.09. The molecule has 0 radical (unpaired) electrons. The highest BCUT2D eigenvalue weighted by Gasteiger charge is 2.34. The lowest BCUT2D eigenvalue weighted by Crippen LogP contribution is -2.28. The second-order valence-electron chi connectivity index (χ2n) is 5.77. The van der Waals surface area contributed by atoms with Crippen LogP contribution in [0.4, 0.5) is 5.95 Å². The van der Waals surface area contributed by atoms with E-state index in [4.69, 9.17) is 4.74 Å². The van der Waals surface area contributed by atoms with Crippen molar-refractivity contribution in [3.63, 3.8) is 0 Å². The number of carbonyl (C=O) groups is 1. The lowest BCUT2D eigenvalue weighted by molar-refractivity contribution is 0.0524. The number of esters is 1. The molecule has 6 nitrogen and oxygen atoms in total. The molecule has 6 heteroatoms. The van der Waals surface area contributed by atoms with Gasteiger partial charge in [0, 0.05) is 31.4 Å². The number of nitrogens with zero attached hydrogens (tertiary/aromatic N) is 3. The number of aryl methyl sites for hydroxylation is 1. The van der Waals surface area contributed by atoms with Crippen molar-refractivity contribution in [2.24, 2.45) is 0 Å². The highest BCUT2D eigenvalue weighted by Crippen LogP contribution is 2.30. The van der Waals surface area contributed by atoms with E-state index in [-0.39, 0.29) is 5.97 Å². The van der Waals surface area contributed by atoms with Gasteiger partial charge < -0.3 is 10.1 Å². The summed E-state index contributed by atoms with van der Waals surface area (Å²) in [4.78, 5) is 22.9. The first-order chi connectivity index (χ1) is 10.2. The normalized spacial score (nSPS) is 22.3. The molecule has 1 saturated carbocycles. The minimum absolute atomic E-state index is 0.358. The fourth-order valence-corrected chi connectivity index (χ4v) is 2.80. The van der Waals surface area contributed by atoms with Gasteiger partial charge in [-0.15, -0.1) is 0 Å². The summed E-state index contributed by atoms with van der Waals surface area (Å²) < 4.78 is 4.98. The third kappa shape index (κ3) is 3.32. The first-order valence-electron chi connectivity index (χ1n) is 7.68. The monoisotopic (exact) mass is 290 g/mol. The summed E-state index contributed by atoms with van der Waals surface area (Å²) in [6.07, 6.45) is 5.36. The van der Waals surface area contributed by atoms with Crippen LogP contribution < -0.4 is 5.32 Å². The topological polar surface area (TPSA) is 67.3 Å². The minimum Gasteiger partial charge on any atom is -0.462 e. The SMILES string of the molecule is CCOC(=O)c1cnc(NC2CCN(C3CC3)C2)nc1C. The number of aromatic nitrogens is 2. The Morgan fingerprint density at radius 1 is 1.48 bits per heavy atom. The number of rotatable bonds is 5. The third-order valence-electron chi connectivity index (χ3n) is 4.09. The lowest BCUT2D eigenvalue weighted by atomic mass is 10.2. The molecule has 1 aromatic rings. The fraction of sp³-hybridized carbons (Fsp3) is 0.667. The van der Waals surface area contributed by atoms with Gasteiger partial charge in [0.2, 0.25) is 5.95 Å². The van der Waals surface area contributed by atoms with E-state index < -0.39 is 0 Å². The second-order valence-corrected chi connectivity index (χ2v) is 5.77. The van der Waals surface area contributed by atoms with E-state index in [9.17, 15) is 4.79 Å². The number of hydrogen-bond donors (Lipinski definition) is 1. The van der Waals surface area contributed by atoms with E-state index >= 15 is 0 Å². The van der Waals surface area contributed by atoms with Crippen molar-refractivity contribution < 1.29 is 9.53 Å². The number of likely N-dealkylation sites (tertiary alicyclic amines) is 1. The molecule has 0 aromatic carbocycles. The van der Waals surface area contributed by atoms with Crippen LogP contribution in [-0.2, 0) is 4.74 Å². The van der Waals surface area contributed by atoms with E-state index in [1.165, 1.54) is 12.8 Å². The number of hydrogen-bond acceptors (Lipinski definition) is 6. The van der Waals surface area contributed by atoms with Crippen LogP contribution in [0.15, 0.2) is 6.20 Å². The zero-order valence-electron chi connectivity index (χ0n) is 12.6. The summed E-state index contributed by atoms with van der Waals surface area (Å²) in [5, 5.41) is 3.38. The molecule has 1 atom stereocenters. The van der Waals surface area contributed by atoms with Gasteiger partial charge in [-0.25, -0.2) is 14.8 Å². The van der Waals surface area contributed by atoms with E-state index in [1.54, 1.807) is 13.1 Å². The Morgan fingerprint density at radius 3 is 2.95 bits per heavy atom. The molecule has 1 saturated heterocycles. The van der Waals surface area contributed by atoms with E-state index in [0.29, 0.717) is 29.9 Å². The van der Waals surface area contributed by atoms with Crippen molar-refractivity contribution in [1.29, 1.82) is 0 Å². The van der Waals surface area contributed by atoms with Gasteiger partial charge in [-0.1, -0.05) is 0 Å². The van der Waals surface area contributed by atoms with Gasteiger partial charge in [0.05, 0.1) is 17.9 Å². The van der Waals surface area contributed by atoms with Crippen molar-refractivity contribution in [2.75, 3.05) is 25.0 Å². The van der Waals surface area contributed by atoms with E-state index in [2.05, 4.69) is 20.2 Å². The van der Waals surface area contributed by atoms with Gasteiger partial charge in [-0.2, -0.15) is 0 Å². The molecule has 2 heterocycles. The molecule has 21 heavy (non-hydrogen) atoms. The molecular formula is C15H22N4O2.